The second-order valence-electron chi connectivity index (χ2n) is 6.11. The molecule has 0 radical (unpaired) electrons. The molecule has 27 heavy (non-hydrogen) atoms. The summed E-state index contributed by atoms with van der Waals surface area (Å²) in [6.45, 7) is 0.729. The smallest absolute Gasteiger partial charge is 0.267 e. The van der Waals surface area contributed by atoms with Gasteiger partial charge < -0.3 is 10.1 Å². The second kappa shape index (κ2) is 7.35. The Morgan fingerprint density at radius 2 is 2.07 bits per heavy atom. The van der Waals surface area contributed by atoms with E-state index < -0.39 is 0 Å². The van der Waals surface area contributed by atoms with E-state index in [-0.39, 0.29) is 17.6 Å². The number of nitrogens with zero attached hydrogens (tertiary/aromatic N) is 5. The summed E-state index contributed by atoms with van der Waals surface area (Å²) in [5.74, 6) is 0.469. The lowest BCUT2D eigenvalue weighted by Gasteiger charge is -2.21. The zero-order valence-electron chi connectivity index (χ0n) is 14.3. The number of ether oxygens (including phenoxy) is 1. The quantitative estimate of drug-likeness (QED) is 0.753. The van der Waals surface area contributed by atoms with Gasteiger partial charge in [0.05, 0.1) is 30.5 Å². The summed E-state index contributed by atoms with van der Waals surface area (Å²) in [6, 6.07) is 11.8. The molecule has 0 bridgehead atoms. The fraction of sp³-hybridized carbons (Fsp3) is 0.211. The van der Waals surface area contributed by atoms with E-state index in [9.17, 15) is 10.1 Å². The van der Waals surface area contributed by atoms with Crippen LogP contribution in [0.15, 0.2) is 59.8 Å². The van der Waals surface area contributed by atoms with E-state index in [1.807, 2.05) is 12.1 Å². The summed E-state index contributed by atoms with van der Waals surface area (Å²) < 4.78 is 7.02. The van der Waals surface area contributed by atoms with E-state index >= 15 is 0 Å². The highest BCUT2D eigenvalue weighted by molar-refractivity contribution is 5.56. The molecule has 3 aromatic heterocycles. The van der Waals surface area contributed by atoms with Crippen LogP contribution in [0.25, 0.3) is 11.3 Å². The summed E-state index contributed by atoms with van der Waals surface area (Å²) in [5, 5.41) is 17.0. The third kappa shape index (κ3) is 3.41. The topological polar surface area (TPSA) is 106 Å². The maximum Gasteiger partial charge on any atom is 0.267 e. The molecule has 0 saturated carbocycles. The van der Waals surface area contributed by atoms with Gasteiger partial charge in [0.15, 0.2) is 0 Å². The lowest BCUT2D eigenvalue weighted by Crippen LogP contribution is -2.37. The highest BCUT2D eigenvalue weighted by Crippen LogP contribution is 2.23. The van der Waals surface area contributed by atoms with Crippen molar-refractivity contribution in [3.63, 3.8) is 0 Å². The van der Waals surface area contributed by atoms with E-state index in [0.717, 1.165) is 5.56 Å². The zero-order valence-corrected chi connectivity index (χ0v) is 14.3. The first kappa shape index (κ1) is 16.9. The number of anilines is 1. The van der Waals surface area contributed by atoms with Crippen LogP contribution in [0.3, 0.4) is 0 Å². The molecule has 1 saturated heterocycles. The monoisotopic (exact) mass is 360 g/mol. The van der Waals surface area contributed by atoms with Gasteiger partial charge >= 0.3 is 0 Å². The van der Waals surface area contributed by atoms with Crippen molar-refractivity contribution >= 4 is 5.82 Å². The molecule has 0 amide bonds. The summed E-state index contributed by atoms with van der Waals surface area (Å²) in [7, 11) is 0. The van der Waals surface area contributed by atoms with Crippen molar-refractivity contribution in [2.75, 3.05) is 18.5 Å². The maximum absolute atomic E-state index is 12.4. The number of aromatic nitrogens is 4. The summed E-state index contributed by atoms with van der Waals surface area (Å²) in [5.41, 5.74) is 1.70. The van der Waals surface area contributed by atoms with E-state index in [2.05, 4.69) is 26.5 Å². The third-order valence-electron chi connectivity index (χ3n) is 4.40. The van der Waals surface area contributed by atoms with Crippen molar-refractivity contribution in [1.82, 2.24) is 19.7 Å². The molecule has 4 rings (SSSR count). The van der Waals surface area contributed by atoms with Gasteiger partial charge in [0.25, 0.3) is 5.56 Å². The molecule has 4 heterocycles. The number of hydrogen-bond acceptors (Lipinski definition) is 7. The second-order valence-corrected chi connectivity index (χ2v) is 6.11. The van der Waals surface area contributed by atoms with Gasteiger partial charge in [0.1, 0.15) is 17.9 Å². The number of nitriles is 1. The fourth-order valence-corrected chi connectivity index (χ4v) is 3.04. The van der Waals surface area contributed by atoms with Crippen LogP contribution in [0.1, 0.15) is 11.6 Å². The molecule has 0 aliphatic carbocycles. The first-order valence-electron chi connectivity index (χ1n) is 8.46. The molecule has 134 valence electrons. The number of nitrogens with one attached hydrogen (secondary N) is 1. The molecule has 2 atom stereocenters. The summed E-state index contributed by atoms with van der Waals surface area (Å²) >= 11 is 0. The minimum absolute atomic E-state index is 0.216. The predicted molar refractivity (Wildman–Crippen MR) is 97.9 cm³/mol. The van der Waals surface area contributed by atoms with Gasteiger partial charge in [-0.25, -0.2) is 9.67 Å². The first-order valence-corrected chi connectivity index (χ1v) is 8.46. The fourth-order valence-electron chi connectivity index (χ4n) is 3.04. The highest BCUT2D eigenvalue weighted by atomic mass is 16.5. The molecule has 1 aliphatic rings. The molecular weight excluding hydrogens is 344 g/mol. The Kier molecular flexibility index (Phi) is 4.60. The minimum atomic E-state index is -0.317. The van der Waals surface area contributed by atoms with Crippen LogP contribution in [0.2, 0.25) is 0 Å². The number of pyridine rings is 2. The predicted octanol–water partition coefficient (Wildman–Crippen LogP) is 1.62. The van der Waals surface area contributed by atoms with Gasteiger partial charge in [-0.3, -0.25) is 9.78 Å². The van der Waals surface area contributed by atoms with Gasteiger partial charge in [-0.1, -0.05) is 0 Å². The summed E-state index contributed by atoms with van der Waals surface area (Å²) in [4.78, 5) is 20.8. The number of rotatable bonds is 4. The van der Waals surface area contributed by atoms with Crippen LogP contribution in [0.5, 0.6) is 0 Å². The first-order chi connectivity index (χ1) is 13.3. The van der Waals surface area contributed by atoms with E-state index in [1.54, 1.807) is 36.8 Å². The van der Waals surface area contributed by atoms with Crippen molar-refractivity contribution in [2.24, 2.45) is 0 Å². The molecule has 1 aliphatic heterocycles. The lowest BCUT2D eigenvalue weighted by atomic mass is 10.1. The van der Waals surface area contributed by atoms with Crippen LogP contribution in [0.4, 0.5) is 5.82 Å². The van der Waals surface area contributed by atoms with Crippen LogP contribution in [0, 0.1) is 11.3 Å². The molecular formula is C19H16N6O2. The van der Waals surface area contributed by atoms with Crippen molar-refractivity contribution in [1.29, 1.82) is 5.26 Å². The summed E-state index contributed by atoms with van der Waals surface area (Å²) in [6.07, 6.45) is 5.00. The van der Waals surface area contributed by atoms with E-state index in [4.69, 9.17) is 4.74 Å². The SMILES string of the molecule is N#Cc1cccnc1NC1COCC1n1nc(-c2cccnc2)ccc1=O. The maximum atomic E-state index is 12.4. The van der Waals surface area contributed by atoms with Gasteiger partial charge in [-0.05, 0) is 30.3 Å². The standard InChI is InChI=1S/C19H16N6O2/c20-9-13-3-2-8-22-19(13)23-16-11-27-12-17(16)25-18(26)6-5-15(24-25)14-4-1-7-21-10-14/h1-8,10,16-17H,11-12H2,(H,22,23). The molecule has 1 fully saturated rings. The van der Waals surface area contributed by atoms with Gasteiger partial charge in [0.2, 0.25) is 0 Å². The highest BCUT2D eigenvalue weighted by Gasteiger charge is 2.32. The van der Waals surface area contributed by atoms with Crippen molar-refractivity contribution in [3.05, 3.63) is 70.9 Å². The van der Waals surface area contributed by atoms with Crippen molar-refractivity contribution in [3.8, 4) is 17.3 Å². The van der Waals surface area contributed by atoms with Gasteiger partial charge in [-0.15, -0.1) is 0 Å². The van der Waals surface area contributed by atoms with Crippen LogP contribution in [-0.4, -0.2) is 39.0 Å². The largest absolute Gasteiger partial charge is 0.377 e. The van der Waals surface area contributed by atoms with E-state index in [0.29, 0.717) is 30.3 Å². The lowest BCUT2D eigenvalue weighted by molar-refractivity contribution is 0.183. The average Bonchev–Trinajstić information content (AvgIpc) is 3.17. The third-order valence-corrected chi connectivity index (χ3v) is 4.40. The Labute approximate surface area is 155 Å². The number of hydrogen-bond donors (Lipinski definition) is 1. The Hall–Kier alpha value is -3.57. The van der Waals surface area contributed by atoms with Crippen LogP contribution in [-0.2, 0) is 4.74 Å². The van der Waals surface area contributed by atoms with Crippen molar-refractivity contribution in [2.45, 2.75) is 12.1 Å². The molecule has 3 aromatic rings. The molecule has 0 spiro atoms. The minimum Gasteiger partial charge on any atom is -0.377 e. The van der Waals surface area contributed by atoms with Gasteiger partial charge in [0, 0.05) is 30.2 Å². The Morgan fingerprint density at radius 3 is 2.89 bits per heavy atom. The molecule has 1 N–H and O–H groups in total. The average molecular weight is 360 g/mol. The molecule has 0 aromatic carbocycles. The Morgan fingerprint density at radius 1 is 1.19 bits per heavy atom. The zero-order chi connectivity index (χ0) is 18.6. The van der Waals surface area contributed by atoms with Crippen LogP contribution < -0.4 is 10.9 Å². The van der Waals surface area contributed by atoms with Gasteiger partial charge in [-0.2, -0.15) is 10.4 Å². The molecule has 2 unspecified atom stereocenters. The molecule has 8 nitrogen and oxygen atoms in total. The Bertz CT molecular complexity index is 1040. The normalized spacial score (nSPS) is 18.8. The Balaban J connectivity index is 1.66. The van der Waals surface area contributed by atoms with Crippen LogP contribution >= 0.6 is 0 Å². The molecule has 8 heteroatoms. The van der Waals surface area contributed by atoms with Crippen molar-refractivity contribution < 1.29 is 4.74 Å². The van der Waals surface area contributed by atoms with E-state index in [1.165, 1.54) is 10.7 Å².